The summed E-state index contributed by atoms with van der Waals surface area (Å²) in [6.07, 6.45) is 0. The predicted octanol–water partition coefficient (Wildman–Crippen LogP) is 4.03. The van der Waals surface area contributed by atoms with Gasteiger partial charge in [0.05, 0.1) is 22.0 Å². The maximum Gasteiger partial charge on any atom is 0.358 e. The van der Waals surface area contributed by atoms with Crippen molar-refractivity contribution in [1.82, 2.24) is 15.0 Å². The van der Waals surface area contributed by atoms with Gasteiger partial charge in [0.2, 0.25) is 0 Å². The number of nitrogens with zero attached hydrogens (tertiary/aromatic N) is 3. The second-order valence-electron chi connectivity index (χ2n) is 7.78. The normalized spacial score (nSPS) is 12.0. The molecule has 10 heteroatoms. The molecule has 158 valence electrons. The number of benzene rings is 2. The Morgan fingerprint density at radius 3 is 2.30 bits per heavy atom. The second-order valence-corrected chi connectivity index (χ2v) is 9.90. The molecule has 3 rings (SSSR count). The Hall–Kier alpha value is -2.91. The van der Waals surface area contributed by atoms with Crippen LogP contribution in [0, 0.1) is 6.92 Å². The Morgan fingerprint density at radius 1 is 1.13 bits per heavy atom. The number of sulfonamides is 1. The molecule has 0 radical (unpaired) electrons. The number of carboxylic acids is 1. The number of hydrogen-bond donors (Lipinski definition) is 2. The van der Waals surface area contributed by atoms with Crippen LogP contribution in [-0.4, -0.2) is 34.5 Å². The van der Waals surface area contributed by atoms with Gasteiger partial charge in [-0.15, -0.1) is 5.10 Å². The van der Waals surface area contributed by atoms with Crippen LogP contribution in [0.15, 0.2) is 47.4 Å². The highest BCUT2D eigenvalue weighted by Gasteiger charge is 2.22. The summed E-state index contributed by atoms with van der Waals surface area (Å²) < 4.78 is 29.7. The summed E-state index contributed by atoms with van der Waals surface area (Å²) >= 11 is 6.08. The lowest BCUT2D eigenvalue weighted by Gasteiger charge is -2.19. The molecule has 8 nitrogen and oxygen atoms in total. The summed E-state index contributed by atoms with van der Waals surface area (Å²) in [5, 5.41) is 17.0. The molecule has 0 aliphatic carbocycles. The van der Waals surface area contributed by atoms with Gasteiger partial charge in [-0.05, 0) is 48.2 Å². The van der Waals surface area contributed by atoms with E-state index in [2.05, 4.69) is 15.0 Å². The van der Waals surface area contributed by atoms with Crippen LogP contribution in [-0.2, 0) is 15.4 Å². The third-order valence-corrected chi connectivity index (χ3v) is 6.18. The van der Waals surface area contributed by atoms with Gasteiger partial charge in [-0.25, -0.2) is 17.9 Å². The molecule has 2 N–H and O–H groups in total. The zero-order chi connectivity index (χ0) is 22.3. The Bertz CT molecular complexity index is 1210. The minimum atomic E-state index is -3.91. The number of rotatable bonds is 5. The van der Waals surface area contributed by atoms with Gasteiger partial charge in [-0.1, -0.05) is 49.7 Å². The van der Waals surface area contributed by atoms with Gasteiger partial charge < -0.3 is 5.11 Å². The van der Waals surface area contributed by atoms with Crippen LogP contribution >= 0.6 is 11.6 Å². The van der Waals surface area contributed by atoms with E-state index in [0.29, 0.717) is 5.02 Å². The standard InChI is InChI=1S/C20H21ClN4O4S/c1-12-18(19(26)27)22-24-25(12)17-11-14(21)7-10-16(17)23-30(28,29)15-8-5-13(6-9-15)20(2,3)4/h5-11,23H,1-4H3,(H,26,27). The van der Waals surface area contributed by atoms with E-state index >= 15 is 0 Å². The van der Waals surface area contributed by atoms with Crippen molar-refractivity contribution < 1.29 is 18.3 Å². The molecule has 0 aliphatic heterocycles. The highest BCUT2D eigenvalue weighted by molar-refractivity contribution is 7.92. The number of carbonyl (C=O) groups is 1. The van der Waals surface area contributed by atoms with Gasteiger partial charge in [0, 0.05) is 5.02 Å². The summed E-state index contributed by atoms with van der Waals surface area (Å²) in [6, 6.07) is 11.1. The minimum absolute atomic E-state index is 0.0953. The number of carboxylic acid groups (broad SMARTS) is 1. The molecule has 0 aliphatic rings. The maximum atomic E-state index is 12.9. The van der Waals surface area contributed by atoms with Crippen LogP contribution in [0.3, 0.4) is 0 Å². The molecule has 0 atom stereocenters. The van der Waals surface area contributed by atoms with E-state index in [0.717, 1.165) is 5.56 Å². The molecule has 0 saturated heterocycles. The molecule has 30 heavy (non-hydrogen) atoms. The molecule has 1 aromatic heterocycles. The van der Waals surface area contributed by atoms with Crippen molar-refractivity contribution in [3.05, 3.63) is 64.4 Å². The molecule has 1 heterocycles. The van der Waals surface area contributed by atoms with Gasteiger partial charge in [0.15, 0.2) is 5.69 Å². The SMILES string of the molecule is Cc1c(C(=O)O)nnn1-c1cc(Cl)ccc1NS(=O)(=O)c1ccc(C(C)(C)C)cc1. The number of nitrogens with one attached hydrogen (secondary N) is 1. The lowest BCUT2D eigenvalue weighted by molar-refractivity contribution is 0.0689. The zero-order valence-electron chi connectivity index (χ0n) is 16.8. The molecule has 0 bridgehead atoms. The fourth-order valence-corrected chi connectivity index (χ4v) is 4.10. The fraction of sp³-hybridized carbons (Fsp3) is 0.250. The number of hydrogen-bond acceptors (Lipinski definition) is 5. The largest absolute Gasteiger partial charge is 0.476 e. The summed E-state index contributed by atoms with van der Waals surface area (Å²) in [7, 11) is -3.91. The van der Waals surface area contributed by atoms with Crippen molar-refractivity contribution in [3.63, 3.8) is 0 Å². The van der Waals surface area contributed by atoms with Crippen molar-refractivity contribution in [2.75, 3.05) is 4.72 Å². The molecule has 0 spiro atoms. The van der Waals surface area contributed by atoms with E-state index in [9.17, 15) is 18.3 Å². The van der Waals surface area contributed by atoms with Crippen LogP contribution in [0.5, 0.6) is 0 Å². The Balaban J connectivity index is 2.02. The topological polar surface area (TPSA) is 114 Å². The first-order valence-corrected chi connectivity index (χ1v) is 10.8. The van der Waals surface area contributed by atoms with E-state index < -0.39 is 16.0 Å². The zero-order valence-corrected chi connectivity index (χ0v) is 18.4. The van der Waals surface area contributed by atoms with Crippen LogP contribution in [0.25, 0.3) is 5.69 Å². The first-order chi connectivity index (χ1) is 13.9. The lowest BCUT2D eigenvalue weighted by Crippen LogP contribution is -2.16. The predicted molar refractivity (Wildman–Crippen MR) is 114 cm³/mol. The Kier molecular flexibility index (Phi) is 5.62. The van der Waals surface area contributed by atoms with Crippen LogP contribution in [0.4, 0.5) is 5.69 Å². The molecule has 2 aromatic carbocycles. The maximum absolute atomic E-state index is 12.9. The summed E-state index contributed by atoms with van der Waals surface area (Å²) in [6.45, 7) is 7.65. The Labute approximate surface area is 179 Å². The molecule has 0 fully saturated rings. The summed E-state index contributed by atoms with van der Waals surface area (Å²) in [4.78, 5) is 11.4. The fourth-order valence-electron chi connectivity index (χ4n) is 2.86. The average Bonchev–Trinajstić information content (AvgIpc) is 3.04. The molecular weight excluding hydrogens is 428 g/mol. The van der Waals surface area contributed by atoms with E-state index in [1.165, 1.54) is 29.8 Å². The molecule has 0 unspecified atom stereocenters. The molecule has 0 saturated carbocycles. The molecule has 0 amide bonds. The van der Waals surface area contributed by atoms with Crippen molar-refractivity contribution in [1.29, 1.82) is 0 Å². The van der Waals surface area contributed by atoms with Crippen LogP contribution < -0.4 is 4.72 Å². The van der Waals surface area contributed by atoms with Crippen molar-refractivity contribution >= 4 is 33.3 Å². The van der Waals surface area contributed by atoms with Crippen molar-refractivity contribution in [3.8, 4) is 5.69 Å². The van der Waals surface area contributed by atoms with Crippen LogP contribution in [0.2, 0.25) is 5.02 Å². The van der Waals surface area contributed by atoms with E-state index in [1.54, 1.807) is 24.3 Å². The third-order valence-electron chi connectivity index (χ3n) is 4.56. The van der Waals surface area contributed by atoms with Gasteiger partial charge in [-0.3, -0.25) is 4.72 Å². The van der Waals surface area contributed by atoms with Gasteiger partial charge in [0.1, 0.15) is 0 Å². The number of halogens is 1. The molecular formula is C20H21ClN4O4S. The van der Waals surface area contributed by atoms with Crippen molar-refractivity contribution in [2.24, 2.45) is 0 Å². The lowest BCUT2D eigenvalue weighted by atomic mass is 9.87. The first-order valence-electron chi connectivity index (χ1n) is 8.99. The smallest absolute Gasteiger partial charge is 0.358 e. The Morgan fingerprint density at radius 2 is 1.77 bits per heavy atom. The number of aromatic nitrogens is 3. The van der Waals surface area contributed by atoms with Crippen LogP contribution in [0.1, 0.15) is 42.5 Å². The average molecular weight is 449 g/mol. The van der Waals surface area contributed by atoms with E-state index in [1.807, 2.05) is 20.8 Å². The molecule has 3 aromatic rings. The summed E-state index contributed by atoms with van der Waals surface area (Å²) in [5.41, 5.74) is 1.35. The number of aromatic carboxylic acids is 1. The van der Waals surface area contributed by atoms with E-state index in [-0.39, 0.29) is 33.1 Å². The number of anilines is 1. The van der Waals surface area contributed by atoms with Gasteiger partial charge in [0.25, 0.3) is 10.0 Å². The van der Waals surface area contributed by atoms with Crippen molar-refractivity contribution in [2.45, 2.75) is 38.0 Å². The first kappa shape index (κ1) is 21.8. The minimum Gasteiger partial charge on any atom is -0.476 e. The van der Waals surface area contributed by atoms with E-state index in [4.69, 9.17) is 11.6 Å². The van der Waals surface area contributed by atoms with Gasteiger partial charge >= 0.3 is 5.97 Å². The quantitative estimate of drug-likeness (QED) is 0.609. The monoisotopic (exact) mass is 448 g/mol. The summed E-state index contributed by atoms with van der Waals surface area (Å²) in [5.74, 6) is -1.23. The highest BCUT2D eigenvalue weighted by atomic mass is 35.5. The third kappa shape index (κ3) is 4.31. The highest BCUT2D eigenvalue weighted by Crippen LogP contribution is 2.29. The second kappa shape index (κ2) is 7.73. The van der Waals surface area contributed by atoms with Gasteiger partial charge in [-0.2, -0.15) is 0 Å².